The van der Waals surface area contributed by atoms with E-state index in [2.05, 4.69) is 96.7 Å². The summed E-state index contributed by atoms with van der Waals surface area (Å²) in [4.78, 5) is 5.09. The highest BCUT2D eigenvalue weighted by atomic mass is 15.6. The van der Waals surface area contributed by atoms with Crippen LogP contribution < -0.4 is 4.90 Å². The van der Waals surface area contributed by atoms with Crippen LogP contribution in [0.25, 0.3) is 0 Å². The van der Waals surface area contributed by atoms with Crippen molar-refractivity contribution in [2.24, 2.45) is 5.92 Å². The number of aromatic nitrogens is 4. The molecule has 28 heavy (non-hydrogen) atoms. The van der Waals surface area contributed by atoms with E-state index in [9.17, 15) is 0 Å². The normalized spacial score (nSPS) is 17.4. The summed E-state index contributed by atoms with van der Waals surface area (Å²) in [5, 5.41) is 12.9. The molecule has 6 heteroatoms. The third-order valence-electron chi connectivity index (χ3n) is 6.24. The highest BCUT2D eigenvalue weighted by Crippen LogP contribution is 2.32. The molecular formula is C22H36N6. The molecule has 1 aromatic heterocycles. The van der Waals surface area contributed by atoms with Gasteiger partial charge in [0.15, 0.2) is 5.82 Å². The first-order valence-corrected chi connectivity index (χ1v) is 10.6. The van der Waals surface area contributed by atoms with Gasteiger partial charge in [-0.2, -0.15) is 0 Å². The van der Waals surface area contributed by atoms with Gasteiger partial charge in [-0.15, -0.1) is 5.10 Å². The zero-order chi connectivity index (χ0) is 20.5. The summed E-state index contributed by atoms with van der Waals surface area (Å²) in [6, 6.07) is 6.98. The molecule has 0 unspecified atom stereocenters. The quantitative estimate of drug-likeness (QED) is 0.755. The molecule has 2 heterocycles. The van der Waals surface area contributed by atoms with Gasteiger partial charge in [0.05, 0.1) is 11.6 Å². The lowest BCUT2D eigenvalue weighted by Gasteiger charge is -2.42. The number of tetrazole rings is 1. The standard InChI is InChI=1S/C22H36N6/c1-8-22(6,7)28-21(23-24-25-28)20(16(2)3)27-13-11-26(12-14-27)19-15-17(4)9-10-18(19)5/h9-10,15-16,20H,8,11-14H2,1-7H3/t20-/m0/s1. The van der Waals surface area contributed by atoms with E-state index in [1.165, 1.54) is 16.8 Å². The summed E-state index contributed by atoms with van der Waals surface area (Å²) in [5.41, 5.74) is 3.97. The van der Waals surface area contributed by atoms with Crippen LogP contribution in [0.5, 0.6) is 0 Å². The number of rotatable bonds is 6. The molecule has 154 valence electrons. The predicted octanol–water partition coefficient (Wildman–Crippen LogP) is 3.95. The van der Waals surface area contributed by atoms with Gasteiger partial charge in [0.2, 0.25) is 0 Å². The van der Waals surface area contributed by atoms with Gasteiger partial charge < -0.3 is 4.90 Å². The van der Waals surface area contributed by atoms with Crippen molar-refractivity contribution in [3.8, 4) is 0 Å². The van der Waals surface area contributed by atoms with Gasteiger partial charge >= 0.3 is 0 Å². The van der Waals surface area contributed by atoms with Crippen molar-refractivity contribution in [2.75, 3.05) is 31.1 Å². The molecule has 0 amide bonds. The molecule has 1 fully saturated rings. The summed E-state index contributed by atoms with van der Waals surface area (Å²) in [6.45, 7) is 19.7. The predicted molar refractivity (Wildman–Crippen MR) is 115 cm³/mol. The Balaban J connectivity index is 1.80. The lowest BCUT2D eigenvalue weighted by atomic mass is 9.97. The van der Waals surface area contributed by atoms with E-state index in [0.29, 0.717) is 5.92 Å². The summed E-state index contributed by atoms with van der Waals surface area (Å²) in [7, 11) is 0. The number of anilines is 1. The number of piperazine rings is 1. The molecule has 0 radical (unpaired) electrons. The molecule has 1 saturated heterocycles. The van der Waals surface area contributed by atoms with Gasteiger partial charge in [0.25, 0.3) is 0 Å². The summed E-state index contributed by atoms with van der Waals surface area (Å²) >= 11 is 0. The summed E-state index contributed by atoms with van der Waals surface area (Å²) < 4.78 is 2.05. The minimum atomic E-state index is -0.0769. The molecule has 2 aromatic rings. The second-order valence-corrected chi connectivity index (χ2v) is 9.12. The van der Waals surface area contributed by atoms with Crippen LogP contribution in [-0.2, 0) is 5.54 Å². The van der Waals surface area contributed by atoms with Crippen LogP contribution in [0.1, 0.15) is 64.0 Å². The van der Waals surface area contributed by atoms with Crippen molar-refractivity contribution in [2.45, 2.75) is 66.5 Å². The number of hydrogen-bond donors (Lipinski definition) is 0. The average molecular weight is 385 g/mol. The number of benzene rings is 1. The van der Waals surface area contributed by atoms with Crippen molar-refractivity contribution in [1.82, 2.24) is 25.1 Å². The van der Waals surface area contributed by atoms with Gasteiger partial charge in [-0.05, 0) is 67.7 Å². The smallest absolute Gasteiger partial charge is 0.169 e. The third kappa shape index (κ3) is 4.07. The van der Waals surface area contributed by atoms with Crippen LogP contribution in [0, 0.1) is 19.8 Å². The van der Waals surface area contributed by atoms with E-state index in [1.54, 1.807) is 0 Å². The van der Waals surface area contributed by atoms with Gasteiger partial charge in [0, 0.05) is 31.9 Å². The highest BCUT2D eigenvalue weighted by molar-refractivity contribution is 5.55. The molecule has 0 saturated carbocycles. The van der Waals surface area contributed by atoms with E-state index in [4.69, 9.17) is 0 Å². The number of hydrogen-bond acceptors (Lipinski definition) is 5. The van der Waals surface area contributed by atoms with E-state index < -0.39 is 0 Å². The van der Waals surface area contributed by atoms with Crippen LogP contribution in [-0.4, -0.2) is 51.3 Å². The van der Waals surface area contributed by atoms with Crippen LogP contribution in [0.3, 0.4) is 0 Å². The van der Waals surface area contributed by atoms with Crippen LogP contribution in [0.4, 0.5) is 5.69 Å². The van der Waals surface area contributed by atoms with E-state index in [0.717, 1.165) is 38.4 Å². The van der Waals surface area contributed by atoms with E-state index >= 15 is 0 Å². The van der Waals surface area contributed by atoms with Crippen molar-refractivity contribution in [1.29, 1.82) is 0 Å². The Morgan fingerprint density at radius 3 is 2.36 bits per heavy atom. The van der Waals surface area contributed by atoms with Crippen LogP contribution in [0.15, 0.2) is 18.2 Å². The topological polar surface area (TPSA) is 50.1 Å². The van der Waals surface area contributed by atoms with Crippen molar-refractivity contribution in [3.05, 3.63) is 35.2 Å². The lowest BCUT2D eigenvalue weighted by Crippen LogP contribution is -2.49. The SMILES string of the molecule is CCC(C)(C)n1nnnc1[C@H](C(C)C)N1CCN(c2cc(C)ccc2C)CC1. The Morgan fingerprint density at radius 2 is 1.75 bits per heavy atom. The molecule has 0 aliphatic carbocycles. The molecule has 3 rings (SSSR count). The minimum absolute atomic E-state index is 0.0769. The molecule has 1 aliphatic heterocycles. The van der Waals surface area contributed by atoms with Crippen molar-refractivity contribution >= 4 is 5.69 Å². The fourth-order valence-electron chi connectivity index (χ4n) is 4.14. The van der Waals surface area contributed by atoms with Gasteiger partial charge in [-0.25, -0.2) is 4.68 Å². The zero-order valence-electron chi connectivity index (χ0n) is 18.6. The molecule has 6 nitrogen and oxygen atoms in total. The Kier molecular flexibility index (Phi) is 6.08. The Bertz CT molecular complexity index is 786. The highest BCUT2D eigenvalue weighted by Gasteiger charge is 2.34. The summed E-state index contributed by atoms with van der Waals surface area (Å²) in [6.07, 6.45) is 0.996. The number of nitrogens with zero attached hydrogens (tertiary/aromatic N) is 6. The molecular weight excluding hydrogens is 348 g/mol. The van der Waals surface area contributed by atoms with E-state index in [-0.39, 0.29) is 11.6 Å². The first-order chi connectivity index (χ1) is 13.2. The maximum Gasteiger partial charge on any atom is 0.169 e. The van der Waals surface area contributed by atoms with Crippen LogP contribution in [0.2, 0.25) is 0 Å². The minimum Gasteiger partial charge on any atom is -0.369 e. The Hall–Kier alpha value is -1.95. The monoisotopic (exact) mass is 384 g/mol. The fraction of sp³-hybridized carbons (Fsp3) is 0.682. The van der Waals surface area contributed by atoms with Gasteiger partial charge in [-0.1, -0.05) is 32.9 Å². The van der Waals surface area contributed by atoms with Crippen molar-refractivity contribution < 1.29 is 0 Å². The molecule has 1 aliphatic rings. The first kappa shape index (κ1) is 20.8. The molecule has 1 atom stereocenters. The van der Waals surface area contributed by atoms with Crippen molar-refractivity contribution in [3.63, 3.8) is 0 Å². The molecule has 0 N–H and O–H groups in total. The zero-order valence-corrected chi connectivity index (χ0v) is 18.6. The van der Waals surface area contributed by atoms with Gasteiger partial charge in [-0.3, -0.25) is 4.90 Å². The largest absolute Gasteiger partial charge is 0.369 e. The van der Waals surface area contributed by atoms with Crippen LogP contribution >= 0.6 is 0 Å². The third-order valence-corrected chi connectivity index (χ3v) is 6.24. The Morgan fingerprint density at radius 1 is 1.07 bits per heavy atom. The van der Waals surface area contributed by atoms with Gasteiger partial charge in [0.1, 0.15) is 0 Å². The fourth-order valence-corrected chi connectivity index (χ4v) is 4.14. The molecule has 0 spiro atoms. The lowest BCUT2D eigenvalue weighted by molar-refractivity contribution is 0.126. The summed E-state index contributed by atoms with van der Waals surface area (Å²) in [5.74, 6) is 1.45. The maximum absolute atomic E-state index is 4.48. The molecule has 0 bridgehead atoms. The number of aryl methyl sites for hydroxylation is 2. The second kappa shape index (κ2) is 8.19. The Labute approximate surface area is 169 Å². The van der Waals surface area contributed by atoms with E-state index in [1.807, 2.05) is 0 Å². The maximum atomic E-state index is 4.48. The first-order valence-electron chi connectivity index (χ1n) is 10.6. The molecule has 1 aromatic carbocycles. The second-order valence-electron chi connectivity index (χ2n) is 9.12. The average Bonchev–Trinajstić information content (AvgIpc) is 3.14.